The number of β-amino-alcohol motifs (C(OH)–C–C–N with tert-alkyl or cyclic N) is 1. The monoisotopic (exact) mass is 580 g/mol. The van der Waals surface area contributed by atoms with Crippen LogP contribution < -0.4 is 20.7 Å². The first-order valence-electron chi connectivity index (χ1n) is 16.1. The standard InChI is InChI=1S/C32H48N6O4/c1-22-29(42-21-34-22)20-41-28-9-8-24-18-37(13-10-23(24)14-28)19-27(39)17-33-32(40)25-15-30(35-26-6-5-7-26)36-31(16-25)38-11-3-2-4-12-38/h8-9,14,21,25-27,30-31,35-36,39H,2-7,10-13,15-20H2,1H3,(H,33,40)/t25?,27-,30?,31?/m0/s1. The Morgan fingerprint density at radius 1 is 1.17 bits per heavy atom. The van der Waals surface area contributed by atoms with Crippen LogP contribution in [0.1, 0.15) is 73.9 Å². The first-order chi connectivity index (χ1) is 20.5. The molecule has 4 atom stereocenters. The minimum atomic E-state index is -0.605. The molecule has 1 amide bonds. The molecule has 4 aliphatic rings. The topological polar surface area (TPSA) is 115 Å². The molecule has 2 aromatic rings. The van der Waals surface area contributed by atoms with Gasteiger partial charge < -0.3 is 19.6 Å². The smallest absolute Gasteiger partial charge is 0.223 e. The summed E-state index contributed by atoms with van der Waals surface area (Å²) in [4.78, 5) is 22.3. The molecule has 3 aliphatic heterocycles. The number of nitrogens with zero attached hydrogens (tertiary/aromatic N) is 3. The fraction of sp³-hybridized carbons (Fsp3) is 0.688. The lowest BCUT2D eigenvalue weighted by Gasteiger charge is -2.44. The summed E-state index contributed by atoms with van der Waals surface area (Å²) in [7, 11) is 0. The predicted octanol–water partition coefficient (Wildman–Crippen LogP) is 2.68. The van der Waals surface area contributed by atoms with E-state index in [-0.39, 0.29) is 30.7 Å². The number of aromatic nitrogens is 1. The van der Waals surface area contributed by atoms with Gasteiger partial charge in [-0.2, -0.15) is 0 Å². The van der Waals surface area contributed by atoms with Gasteiger partial charge in [-0.15, -0.1) is 0 Å². The average Bonchev–Trinajstić information content (AvgIpc) is 3.41. The van der Waals surface area contributed by atoms with Crippen molar-refractivity contribution in [3.8, 4) is 5.75 Å². The Morgan fingerprint density at radius 3 is 2.79 bits per heavy atom. The lowest BCUT2D eigenvalue weighted by Crippen LogP contribution is -2.63. The van der Waals surface area contributed by atoms with E-state index in [9.17, 15) is 9.90 Å². The van der Waals surface area contributed by atoms with Crippen molar-refractivity contribution < 1.29 is 19.1 Å². The molecule has 4 heterocycles. The van der Waals surface area contributed by atoms with E-state index in [2.05, 4.69) is 42.9 Å². The molecule has 1 aromatic heterocycles. The van der Waals surface area contributed by atoms with Crippen LogP contribution in [0.15, 0.2) is 29.0 Å². The molecule has 1 aromatic carbocycles. The highest BCUT2D eigenvalue weighted by Crippen LogP contribution is 2.27. The molecule has 42 heavy (non-hydrogen) atoms. The van der Waals surface area contributed by atoms with E-state index < -0.39 is 6.10 Å². The number of likely N-dealkylation sites (tertiary alicyclic amines) is 1. The maximum Gasteiger partial charge on any atom is 0.223 e. The van der Waals surface area contributed by atoms with E-state index in [1.165, 1.54) is 56.0 Å². The zero-order valence-electron chi connectivity index (χ0n) is 25.0. The van der Waals surface area contributed by atoms with E-state index in [0.29, 0.717) is 19.2 Å². The van der Waals surface area contributed by atoms with Crippen molar-refractivity contribution in [2.45, 2.75) is 102 Å². The van der Waals surface area contributed by atoms with Gasteiger partial charge in [-0.25, -0.2) is 4.98 Å². The molecule has 3 fully saturated rings. The highest BCUT2D eigenvalue weighted by molar-refractivity contribution is 5.78. The number of benzene rings is 1. The fourth-order valence-electron chi connectivity index (χ4n) is 6.87. The van der Waals surface area contributed by atoms with Gasteiger partial charge in [-0.05, 0) is 88.2 Å². The number of amides is 1. The van der Waals surface area contributed by atoms with Crippen LogP contribution in [0.3, 0.4) is 0 Å². The van der Waals surface area contributed by atoms with Crippen LogP contribution >= 0.6 is 0 Å². The highest BCUT2D eigenvalue weighted by Gasteiger charge is 2.37. The largest absolute Gasteiger partial charge is 0.486 e. The number of nitrogens with one attached hydrogen (secondary N) is 3. The van der Waals surface area contributed by atoms with Crippen LogP contribution in [-0.4, -0.2) is 83.0 Å². The number of aryl methyl sites for hydroxylation is 1. The molecule has 0 radical (unpaired) electrons. The van der Waals surface area contributed by atoms with E-state index in [0.717, 1.165) is 62.6 Å². The van der Waals surface area contributed by atoms with Gasteiger partial charge in [-0.3, -0.25) is 25.2 Å². The second-order valence-corrected chi connectivity index (χ2v) is 12.8. The lowest BCUT2D eigenvalue weighted by atomic mass is 9.88. The maximum absolute atomic E-state index is 13.3. The van der Waals surface area contributed by atoms with Gasteiger partial charge in [0.15, 0.2) is 12.2 Å². The first kappa shape index (κ1) is 29.6. The summed E-state index contributed by atoms with van der Waals surface area (Å²) in [6.07, 6.45) is 11.3. The summed E-state index contributed by atoms with van der Waals surface area (Å²) in [5.74, 6) is 1.60. The quantitative estimate of drug-likeness (QED) is 0.319. The summed E-state index contributed by atoms with van der Waals surface area (Å²) in [6, 6.07) is 6.79. The van der Waals surface area contributed by atoms with Gasteiger partial charge in [0.1, 0.15) is 12.4 Å². The van der Waals surface area contributed by atoms with Crippen molar-refractivity contribution in [3.63, 3.8) is 0 Å². The third-order valence-corrected chi connectivity index (χ3v) is 9.63. The molecule has 0 bridgehead atoms. The molecule has 2 saturated heterocycles. The average molecular weight is 581 g/mol. The van der Waals surface area contributed by atoms with Crippen molar-refractivity contribution in [1.82, 2.24) is 30.7 Å². The van der Waals surface area contributed by atoms with Gasteiger partial charge in [0.25, 0.3) is 0 Å². The molecule has 6 rings (SSSR count). The van der Waals surface area contributed by atoms with Crippen LogP contribution in [0, 0.1) is 12.8 Å². The van der Waals surface area contributed by atoms with Gasteiger partial charge in [0.05, 0.1) is 24.1 Å². The van der Waals surface area contributed by atoms with Gasteiger partial charge in [0.2, 0.25) is 5.91 Å². The summed E-state index contributed by atoms with van der Waals surface area (Å²) in [6.45, 7) is 6.96. The number of oxazole rings is 1. The molecule has 10 nitrogen and oxygen atoms in total. The van der Waals surface area contributed by atoms with E-state index >= 15 is 0 Å². The lowest BCUT2D eigenvalue weighted by molar-refractivity contribution is -0.128. The fourth-order valence-corrected chi connectivity index (χ4v) is 6.87. The van der Waals surface area contributed by atoms with Crippen LogP contribution in [0.2, 0.25) is 0 Å². The van der Waals surface area contributed by atoms with E-state index in [4.69, 9.17) is 9.15 Å². The minimum Gasteiger partial charge on any atom is -0.486 e. The third-order valence-electron chi connectivity index (χ3n) is 9.63. The molecule has 1 aliphatic carbocycles. The zero-order valence-corrected chi connectivity index (χ0v) is 25.0. The Hall–Kier alpha value is -2.50. The van der Waals surface area contributed by atoms with Crippen LogP contribution in [-0.2, 0) is 24.4 Å². The number of aliphatic hydroxyl groups excluding tert-OH is 1. The molecule has 4 N–H and O–H groups in total. The van der Waals surface area contributed by atoms with Crippen molar-refractivity contribution in [3.05, 3.63) is 47.2 Å². The Balaban J connectivity index is 0.965. The first-order valence-corrected chi connectivity index (χ1v) is 16.1. The maximum atomic E-state index is 13.3. The van der Waals surface area contributed by atoms with Gasteiger partial charge in [-0.1, -0.05) is 18.9 Å². The van der Waals surface area contributed by atoms with Crippen molar-refractivity contribution in [1.29, 1.82) is 0 Å². The second-order valence-electron chi connectivity index (χ2n) is 12.8. The summed E-state index contributed by atoms with van der Waals surface area (Å²) >= 11 is 0. The van der Waals surface area contributed by atoms with Gasteiger partial charge >= 0.3 is 0 Å². The Labute approximate surface area is 249 Å². The van der Waals surface area contributed by atoms with Crippen LogP contribution in [0.25, 0.3) is 0 Å². The molecule has 10 heteroatoms. The molecule has 0 spiro atoms. The van der Waals surface area contributed by atoms with E-state index in [1.807, 2.05) is 13.0 Å². The van der Waals surface area contributed by atoms with Crippen molar-refractivity contribution in [2.75, 3.05) is 32.7 Å². The number of rotatable bonds is 11. The number of fused-ring (bicyclic) bond motifs is 1. The number of piperidine rings is 2. The Bertz CT molecular complexity index is 1180. The summed E-state index contributed by atoms with van der Waals surface area (Å²) in [5.41, 5.74) is 3.38. The number of aliphatic hydroxyl groups is 1. The SMILES string of the molecule is Cc1ncoc1COc1ccc2c(c1)CCN(C[C@@H](O)CNC(=O)C1CC(NC3CCC3)NC(N3CCCCC3)C1)C2. The summed E-state index contributed by atoms with van der Waals surface area (Å²) < 4.78 is 11.3. The number of carbonyl (C=O) groups excluding carboxylic acids is 1. The molecular weight excluding hydrogens is 532 g/mol. The van der Waals surface area contributed by atoms with Gasteiger partial charge in [0, 0.05) is 38.1 Å². The highest BCUT2D eigenvalue weighted by atomic mass is 16.5. The third kappa shape index (κ3) is 7.52. The molecular formula is C32H48N6O4. The minimum absolute atomic E-state index is 0.0470. The molecule has 3 unspecified atom stereocenters. The van der Waals surface area contributed by atoms with Crippen LogP contribution in [0.5, 0.6) is 5.75 Å². The normalized spacial score (nSPS) is 26.3. The Morgan fingerprint density at radius 2 is 2.02 bits per heavy atom. The number of hydrogen-bond donors (Lipinski definition) is 4. The molecule has 1 saturated carbocycles. The predicted molar refractivity (Wildman–Crippen MR) is 160 cm³/mol. The van der Waals surface area contributed by atoms with E-state index in [1.54, 1.807) is 0 Å². The second kappa shape index (κ2) is 13.9. The summed E-state index contributed by atoms with van der Waals surface area (Å²) in [5, 5.41) is 21.6. The number of ether oxygens (including phenoxy) is 1. The van der Waals surface area contributed by atoms with Crippen LogP contribution in [0.4, 0.5) is 0 Å². The zero-order chi connectivity index (χ0) is 28.9. The van der Waals surface area contributed by atoms with Crippen molar-refractivity contribution in [2.24, 2.45) is 5.92 Å². The number of hydrogen-bond acceptors (Lipinski definition) is 9. The molecule has 230 valence electrons. The Kier molecular flexibility index (Phi) is 9.76. The number of carbonyl (C=O) groups is 1. The van der Waals surface area contributed by atoms with Crippen molar-refractivity contribution >= 4 is 5.91 Å².